The lowest BCUT2D eigenvalue weighted by Crippen LogP contribution is -2.47. The van der Waals surface area contributed by atoms with Crippen molar-refractivity contribution in [3.8, 4) is 0 Å². The van der Waals surface area contributed by atoms with E-state index < -0.39 is 0 Å². The van der Waals surface area contributed by atoms with Crippen LogP contribution in [0.3, 0.4) is 0 Å². The molecule has 1 heterocycles. The topological polar surface area (TPSA) is 32.3 Å². The molecule has 1 amide bonds. The van der Waals surface area contributed by atoms with Crippen molar-refractivity contribution in [2.75, 3.05) is 26.7 Å². The maximum atomic E-state index is 12.3. The monoisotopic (exact) mass is 224 g/mol. The van der Waals surface area contributed by atoms with E-state index in [1.165, 1.54) is 6.42 Å². The van der Waals surface area contributed by atoms with Crippen molar-refractivity contribution >= 4 is 5.91 Å². The van der Waals surface area contributed by atoms with Gasteiger partial charge in [0.25, 0.3) is 0 Å². The third-order valence-corrected chi connectivity index (χ3v) is 3.62. The number of hydrogen-bond donors (Lipinski definition) is 1. The first-order valence-electron chi connectivity index (χ1n) is 6.07. The molecular weight excluding hydrogens is 200 g/mol. The highest BCUT2D eigenvalue weighted by atomic mass is 16.2. The molecule has 0 aliphatic carbocycles. The fraction of sp³-hybridized carbons (Fsp3) is 0.769. The van der Waals surface area contributed by atoms with E-state index >= 15 is 0 Å². The van der Waals surface area contributed by atoms with Gasteiger partial charge in [0.2, 0.25) is 5.91 Å². The maximum Gasteiger partial charge on any atom is 0.228 e. The zero-order valence-corrected chi connectivity index (χ0v) is 10.8. The average Bonchev–Trinajstić information content (AvgIpc) is 2.29. The van der Waals surface area contributed by atoms with Crippen molar-refractivity contribution in [2.24, 2.45) is 11.3 Å². The minimum absolute atomic E-state index is 0.223. The summed E-state index contributed by atoms with van der Waals surface area (Å²) in [6.45, 7) is 10.5. The predicted octanol–water partition coefficient (Wildman–Crippen LogP) is 1.66. The molecular formula is C13H24N2O. The Morgan fingerprint density at radius 2 is 2.31 bits per heavy atom. The summed E-state index contributed by atoms with van der Waals surface area (Å²) in [5.74, 6) is 0.669. The second kappa shape index (κ2) is 5.48. The van der Waals surface area contributed by atoms with E-state index in [9.17, 15) is 4.79 Å². The Balaban J connectivity index is 2.66. The molecule has 1 N–H and O–H groups in total. The van der Waals surface area contributed by atoms with E-state index in [1.54, 1.807) is 11.0 Å². The van der Waals surface area contributed by atoms with E-state index in [0.29, 0.717) is 12.5 Å². The number of piperidine rings is 1. The van der Waals surface area contributed by atoms with Gasteiger partial charge in [-0.25, -0.2) is 0 Å². The van der Waals surface area contributed by atoms with Crippen LogP contribution in [-0.4, -0.2) is 37.5 Å². The van der Waals surface area contributed by atoms with E-state index in [0.717, 1.165) is 19.5 Å². The molecule has 3 heteroatoms. The summed E-state index contributed by atoms with van der Waals surface area (Å²) >= 11 is 0. The number of hydrogen-bond acceptors (Lipinski definition) is 2. The second-order valence-electron chi connectivity index (χ2n) is 5.24. The zero-order valence-electron chi connectivity index (χ0n) is 10.8. The Hall–Kier alpha value is -0.830. The molecule has 1 unspecified atom stereocenters. The van der Waals surface area contributed by atoms with Crippen LogP contribution in [0.4, 0.5) is 0 Å². The summed E-state index contributed by atoms with van der Waals surface area (Å²) in [4.78, 5) is 14.1. The lowest BCUT2D eigenvalue weighted by atomic mass is 9.74. The van der Waals surface area contributed by atoms with Gasteiger partial charge in [-0.1, -0.05) is 19.9 Å². The number of rotatable bonds is 4. The first-order valence-corrected chi connectivity index (χ1v) is 6.07. The van der Waals surface area contributed by atoms with Crippen LogP contribution in [0.2, 0.25) is 0 Å². The minimum atomic E-state index is -0.273. The Labute approximate surface area is 98.9 Å². The van der Waals surface area contributed by atoms with Gasteiger partial charge in [0.05, 0.1) is 0 Å². The highest BCUT2D eigenvalue weighted by Gasteiger charge is 2.38. The number of nitrogens with zero attached hydrogens (tertiary/aromatic N) is 1. The quantitative estimate of drug-likeness (QED) is 0.737. The Bertz CT molecular complexity index is 255. The molecule has 0 bridgehead atoms. The third-order valence-electron chi connectivity index (χ3n) is 3.62. The predicted molar refractivity (Wildman–Crippen MR) is 67.2 cm³/mol. The first kappa shape index (κ1) is 13.2. The Kier molecular flexibility index (Phi) is 4.54. The summed E-state index contributed by atoms with van der Waals surface area (Å²) in [6, 6.07) is 0. The molecule has 1 fully saturated rings. The third kappa shape index (κ3) is 2.85. The van der Waals surface area contributed by atoms with Gasteiger partial charge in [0.1, 0.15) is 0 Å². The zero-order chi connectivity index (χ0) is 12.2. The average molecular weight is 224 g/mol. The fourth-order valence-electron chi connectivity index (χ4n) is 2.41. The molecule has 1 saturated heterocycles. The largest absolute Gasteiger partial charge is 0.342 e. The van der Waals surface area contributed by atoms with E-state index in [2.05, 4.69) is 25.7 Å². The molecule has 0 aromatic rings. The van der Waals surface area contributed by atoms with E-state index in [4.69, 9.17) is 0 Å². The molecule has 92 valence electrons. The normalized spacial score (nSPS) is 21.6. The van der Waals surface area contributed by atoms with E-state index in [-0.39, 0.29) is 11.3 Å². The molecule has 0 radical (unpaired) electrons. The van der Waals surface area contributed by atoms with Gasteiger partial charge in [0, 0.05) is 19.0 Å². The highest BCUT2D eigenvalue weighted by Crippen LogP contribution is 2.33. The van der Waals surface area contributed by atoms with Gasteiger partial charge in [-0.2, -0.15) is 0 Å². The summed E-state index contributed by atoms with van der Waals surface area (Å²) in [6.07, 6.45) is 4.09. The van der Waals surface area contributed by atoms with E-state index in [1.807, 2.05) is 7.05 Å². The van der Waals surface area contributed by atoms with Crippen molar-refractivity contribution in [1.82, 2.24) is 10.2 Å². The SMILES string of the molecule is C=CCN(C)C(=O)C(C)(C)C1CCCNC1. The molecule has 1 rings (SSSR count). The van der Waals surface area contributed by atoms with Gasteiger partial charge in [-0.15, -0.1) is 6.58 Å². The molecule has 0 spiro atoms. The highest BCUT2D eigenvalue weighted by molar-refractivity contribution is 5.82. The fourth-order valence-corrected chi connectivity index (χ4v) is 2.41. The van der Waals surface area contributed by atoms with Gasteiger partial charge in [-0.3, -0.25) is 4.79 Å². The van der Waals surface area contributed by atoms with Crippen LogP contribution in [0.25, 0.3) is 0 Å². The van der Waals surface area contributed by atoms with Crippen molar-refractivity contribution < 1.29 is 4.79 Å². The van der Waals surface area contributed by atoms with Gasteiger partial charge in [0.15, 0.2) is 0 Å². The van der Waals surface area contributed by atoms with Crippen molar-refractivity contribution in [3.63, 3.8) is 0 Å². The summed E-state index contributed by atoms with van der Waals surface area (Å²) < 4.78 is 0. The standard InChI is InChI=1S/C13H24N2O/c1-5-9-15(4)12(16)13(2,3)11-7-6-8-14-10-11/h5,11,14H,1,6-10H2,2-4H3. The number of likely N-dealkylation sites (N-methyl/N-ethyl adjacent to an activating group) is 1. The summed E-state index contributed by atoms with van der Waals surface area (Å²) in [5.41, 5.74) is -0.273. The van der Waals surface area contributed by atoms with Gasteiger partial charge in [-0.05, 0) is 31.8 Å². The van der Waals surface area contributed by atoms with Gasteiger partial charge >= 0.3 is 0 Å². The van der Waals surface area contributed by atoms with Gasteiger partial charge < -0.3 is 10.2 Å². The molecule has 1 aliphatic heterocycles. The lowest BCUT2D eigenvalue weighted by molar-refractivity contribution is -0.141. The smallest absolute Gasteiger partial charge is 0.228 e. The van der Waals surface area contributed by atoms with Crippen LogP contribution < -0.4 is 5.32 Å². The second-order valence-corrected chi connectivity index (χ2v) is 5.24. The number of carbonyl (C=O) groups excluding carboxylic acids is 1. The minimum Gasteiger partial charge on any atom is -0.342 e. The molecule has 0 saturated carbocycles. The Morgan fingerprint density at radius 3 is 2.81 bits per heavy atom. The Morgan fingerprint density at radius 1 is 1.62 bits per heavy atom. The molecule has 16 heavy (non-hydrogen) atoms. The van der Waals surface area contributed by atoms with Crippen LogP contribution in [0, 0.1) is 11.3 Å². The molecule has 3 nitrogen and oxygen atoms in total. The number of carbonyl (C=O) groups is 1. The van der Waals surface area contributed by atoms with Crippen LogP contribution in [0.15, 0.2) is 12.7 Å². The van der Waals surface area contributed by atoms with Crippen LogP contribution >= 0.6 is 0 Å². The summed E-state index contributed by atoms with van der Waals surface area (Å²) in [5, 5.41) is 3.38. The van der Waals surface area contributed by atoms with Crippen molar-refractivity contribution in [1.29, 1.82) is 0 Å². The lowest BCUT2D eigenvalue weighted by Gasteiger charge is -2.38. The molecule has 1 atom stereocenters. The maximum absolute atomic E-state index is 12.3. The summed E-state index contributed by atoms with van der Waals surface area (Å²) in [7, 11) is 1.85. The molecule has 0 aromatic heterocycles. The van der Waals surface area contributed by atoms with Crippen LogP contribution in [0.5, 0.6) is 0 Å². The number of nitrogens with one attached hydrogen (secondary N) is 1. The van der Waals surface area contributed by atoms with Crippen LogP contribution in [0.1, 0.15) is 26.7 Å². The number of amides is 1. The molecule has 1 aliphatic rings. The van der Waals surface area contributed by atoms with Crippen molar-refractivity contribution in [3.05, 3.63) is 12.7 Å². The first-order chi connectivity index (χ1) is 7.50. The van der Waals surface area contributed by atoms with Crippen LogP contribution in [-0.2, 0) is 4.79 Å². The van der Waals surface area contributed by atoms with Crippen molar-refractivity contribution in [2.45, 2.75) is 26.7 Å². The molecule has 0 aromatic carbocycles.